The van der Waals surface area contributed by atoms with Gasteiger partial charge in [0, 0.05) is 49.1 Å². The number of hydrogen-bond donors (Lipinski definition) is 0. The average Bonchev–Trinajstić information content (AvgIpc) is 3.19. The number of amides is 1. The van der Waals surface area contributed by atoms with Gasteiger partial charge in [0.25, 0.3) is 5.91 Å². The first-order valence-electron chi connectivity index (χ1n) is 11.8. The van der Waals surface area contributed by atoms with Crippen LogP contribution in [0.1, 0.15) is 65.7 Å². The number of sulfone groups is 1. The normalized spacial score (nSPS) is 18.7. The Bertz CT molecular complexity index is 1250. The molecule has 1 aromatic heterocycles. The molecule has 0 unspecified atom stereocenters. The number of hydrogen-bond acceptors (Lipinski definition) is 5. The summed E-state index contributed by atoms with van der Waals surface area (Å²) >= 11 is 0. The smallest absolute Gasteiger partial charge is 0.253 e. The molecule has 1 spiro atoms. The number of fused-ring (bicyclic) bond motifs is 2. The second kappa shape index (κ2) is 8.34. The molecule has 2 aromatic rings. The van der Waals surface area contributed by atoms with Crippen LogP contribution in [0.15, 0.2) is 35.2 Å². The number of aromatic nitrogens is 1. The van der Waals surface area contributed by atoms with E-state index in [1.54, 1.807) is 19.1 Å². The lowest BCUT2D eigenvalue weighted by Gasteiger charge is -2.50. The van der Waals surface area contributed by atoms with E-state index in [-0.39, 0.29) is 22.1 Å². The number of aryl methyl sites for hydroxylation is 1. The number of ketones is 1. The Hall–Kier alpha value is -2.45. The molecule has 7 nitrogen and oxygen atoms in total. The summed E-state index contributed by atoms with van der Waals surface area (Å²) in [6, 6.07) is 8.87. The van der Waals surface area contributed by atoms with Gasteiger partial charge in [-0.1, -0.05) is 20.8 Å². The Morgan fingerprint density at radius 3 is 2.18 bits per heavy atom. The van der Waals surface area contributed by atoms with Crippen molar-refractivity contribution in [2.45, 2.75) is 57.5 Å². The number of likely N-dealkylation sites (tertiary alicyclic amines) is 1. The molecule has 4 rings (SSSR count). The summed E-state index contributed by atoms with van der Waals surface area (Å²) in [6.45, 7) is 10.4. The van der Waals surface area contributed by atoms with E-state index >= 15 is 0 Å². The van der Waals surface area contributed by atoms with Gasteiger partial charge in [-0.3, -0.25) is 14.5 Å². The minimum atomic E-state index is -3.32. The zero-order valence-corrected chi connectivity index (χ0v) is 21.8. The summed E-state index contributed by atoms with van der Waals surface area (Å²) in [5.41, 5.74) is 2.39. The minimum Gasteiger partial charge on any atom is -0.339 e. The maximum Gasteiger partial charge on any atom is 0.253 e. The summed E-state index contributed by atoms with van der Waals surface area (Å²) < 4.78 is 26.0. The summed E-state index contributed by atoms with van der Waals surface area (Å²) in [5.74, 6) is 0.0782. The first kappa shape index (κ1) is 24.7. The molecular weight excluding hydrogens is 450 g/mol. The fourth-order valence-electron chi connectivity index (χ4n) is 5.46. The molecule has 2 aliphatic rings. The second-order valence-corrected chi connectivity index (χ2v) is 12.8. The molecule has 0 N–H and O–H groups in total. The van der Waals surface area contributed by atoms with E-state index in [1.807, 2.05) is 31.7 Å². The second-order valence-electron chi connectivity index (χ2n) is 10.8. The summed E-state index contributed by atoms with van der Waals surface area (Å²) in [4.78, 5) is 30.8. The van der Waals surface area contributed by atoms with Crippen LogP contribution in [0, 0.1) is 12.3 Å². The van der Waals surface area contributed by atoms with Gasteiger partial charge in [0.15, 0.2) is 15.6 Å². The van der Waals surface area contributed by atoms with Crippen molar-refractivity contribution in [3.05, 3.63) is 52.8 Å². The number of nitrogens with zero attached hydrogens (tertiary/aromatic N) is 3. The molecule has 3 heterocycles. The third-order valence-corrected chi connectivity index (χ3v) is 8.72. The number of Topliss-reactive ketones (excluding diaryl/α,β-unsaturated/α-hetero) is 1. The zero-order valence-electron chi connectivity index (χ0n) is 21.0. The SMILES string of the molecule is Cc1cc(C(=O)N2CCC3(CC2)c2ccc(C(=O)C(C)(C)C)n2CCN3C)ccc1S(C)(=O)=O. The summed E-state index contributed by atoms with van der Waals surface area (Å²) in [7, 11) is -1.19. The van der Waals surface area contributed by atoms with Crippen LogP contribution in [0.5, 0.6) is 0 Å². The van der Waals surface area contributed by atoms with Crippen molar-refractivity contribution < 1.29 is 18.0 Å². The quantitative estimate of drug-likeness (QED) is 0.622. The van der Waals surface area contributed by atoms with Crippen LogP contribution < -0.4 is 0 Å². The molecule has 0 bridgehead atoms. The van der Waals surface area contributed by atoms with E-state index in [9.17, 15) is 18.0 Å². The molecular formula is C26H35N3O4S. The first-order valence-corrected chi connectivity index (χ1v) is 13.7. The molecule has 0 radical (unpaired) electrons. The van der Waals surface area contributed by atoms with Crippen molar-refractivity contribution in [2.75, 3.05) is 32.9 Å². The van der Waals surface area contributed by atoms with Crippen molar-refractivity contribution in [1.82, 2.24) is 14.4 Å². The molecule has 1 aromatic carbocycles. The molecule has 184 valence electrons. The van der Waals surface area contributed by atoms with Gasteiger partial charge >= 0.3 is 0 Å². The molecule has 1 amide bonds. The van der Waals surface area contributed by atoms with E-state index < -0.39 is 15.3 Å². The Morgan fingerprint density at radius 2 is 1.62 bits per heavy atom. The van der Waals surface area contributed by atoms with E-state index in [2.05, 4.69) is 22.6 Å². The van der Waals surface area contributed by atoms with Gasteiger partial charge < -0.3 is 9.47 Å². The molecule has 0 atom stereocenters. The summed E-state index contributed by atoms with van der Waals surface area (Å²) in [6.07, 6.45) is 2.74. The number of benzene rings is 1. The van der Waals surface area contributed by atoms with E-state index in [0.29, 0.717) is 24.2 Å². The lowest BCUT2D eigenvalue weighted by molar-refractivity contribution is 0.0126. The average molecular weight is 486 g/mol. The zero-order chi connectivity index (χ0) is 25.1. The maximum atomic E-state index is 13.2. The standard InChI is InChI=1S/C26H35N3O4S/c1-18-17-19(7-9-21(18)34(6,32)33)24(31)28-13-11-26(12-14-28)22-10-8-20(23(30)25(2,3)4)29(22)16-15-27(26)5/h7-10,17H,11-16H2,1-6H3. The first-order chi connectivity index (χ1) is 15.8. The predicted octanol–water partition coefficient (Wildman–Crippen LogP) is 3.51. The van der Waals surface area contributed by atoms with Crippen LogP contribution >= 0.6 is 0 Å². The largest absolute Gasteiger partial charge is 0.339 e. The molecule has 0 aliphatic carbocycles. The third-order valence-electron chi connectivity index (χ3n) is 7.46. The van der Waals surface area contributed by atoms with Crippen molar-refractivity contribution in [3.8, 4) is 0 Å². The van der Waals surface area contributed by atoms with Crippen LogP contribution in [-0.4, -0.2) is 67.4 Å². The lowest BCUT2D eigenvalue weighted by atomic mass is 9.81. The maximum absolute atomic E-state index is 13.2. The third kappa shape index (κ3) is 4.11. The van der Waals surface area contributed by atoms with Crippen molar-refractivity contribution in [3.63, 3.8) is 0 Å². The number of carbonyl (C=O) groups is 2. The highest BCUT2D eigenvalue weighted by Crippen LogP contribution is 2.42. The van der Waals surface area contributed by atoms with E-state index in [0.717, 1.165) is 37.3 Å². The van der Waals surface area contributed by atoms with E-state index in [4.69, 9.17) is 0 Å². The molecule has 0 saturated carbocycles. The monoisotopic (exact) mass is 485 g/mol. The van der Waals surface area contributed by atoms with Crippen LogP contribution in [0.4, 0.5) is 0 Å². The van der Waals surface area contributed by atoms with Crippen molar-refractivity contribution >= 4 is 21.5 Å². The summed E-state index contributed by atoms with van der Waals surface area (Å²) in [5, 5.41) is 0. The van der Waals surface area contributed by atoms with Crippen LogP contribution in [-0.2, 0) is 21.9 Å². The Kier molecular flexibility index (Phi) is 6.05. The van der Waals surface area contributed by atoms with Crippen molar-refractivity contribution in [1.29, 1.82) is 0 Å². The fourth-order valence-corrected chi connectivity index (χ4v) is 6.41. The van der Waals surface area contributed by atoms with Gasteiger partial charge in [-0.2, -0.15) is 0 Å². The fraction of sp³-hybridized carbons (Fsp3) is 0.538. The van der Waals surface area contributed by atoms with Gasteiger partial charge in [-0.25, -0.2) is 8.42 Å². The van der Waals surface area contributed by atoms with Crippen LogP contribution in [0.3, 0.4) is 0 Å². The van der Waals surface area contributed by atoms with Crippen LogP contribution in [0.2, 0.25) is 0 Å². The minimum absolute atomic E-state index is 0.0737. The van der Waals surface area contributed by atoms with Gasteiger partial charge in [-0.15, -0.1) is 0 Å². The van der Waals surface area contributed by atoms with Crippen LogP contribution in [0.25, 0.3) is 0 Å². The van der Waals surface area contributed by atoms with Gasteiger partial charge in [-0.05, 0) is 62.7 Å². The molecule has 8 heteroatoms. The van der Waals surface area contributed by atoms with Gasteiger partial charge in [0.2, 0.25) is 0 Å². The molecule has 2 aliphatic heterocycles. The number of likely N-dealkylation sites (N-methyl/N-ethyl adjacent to an activating group) is 1. The highest BCUT2D eigenvalue weighted by molar-refractivity contribution is 7.90. The number of piperidine rings is 1. The van der Waals surface area contributed by atoms with E-state index in [1.165, 1.54) is 12.3 Å². The highest BCUT2D eigenvalue weighted by Gasteiger charge is 2.45. The molecule has 1 fully saturated rings. The molecule has 34 heavy (non-hydrogen) atoms. The number of carbonyl (C=O) groups excluding carboxylic acids is 2. The topological polar surface area (TPSA) is 79.7 Å². The Labute approximate surface area is 202 Å². The Balaban J connectivity index is 1.57. The van der Waals surface area contributed by atoms with Crippen molar-refractivity contribution in [2.24, 2.45) is 5.41 Å². The van der Waals surface area contributed by atoms with Gasteiger partial charge in [0.05, 0.1) is 16.1 Å². The lowest BCUT2D eigenvalue weighted by Crippen LogP contribution is -2.56. The Morgan fingerprint density at radius 1 is 0.971 bits per heavy atom. The highest BCUT2D eigenvalue weighted by atomic mass is 32.2. The van der Waals surface area contributed by atoms with Gasteiger partial charge in [0.1, 0.15) is 0 Å². The number of rotatable bonds is 3. The predicted molar refractivity (Wildman–Crippen MR) is 132 cm³/mol. The molecule has 1 saturated heterocycles.